The first-order valence-corrected chi connectivity index (χ1v) is 3.69. The lowest BCUT2D eigenvalue weighted by atomic mass is 10.2. The van der Waals surface area contributed by atoms with E-state index in [0.717, 1.165) is 0 Å². The number of hydrazine groups is 1. The van der Waals surface area contributed by atoms with Crippen LogP contribution in [0.4, 0.5) is 0 Å². The molecule has 0 aromatic heterocycles. The fourth-order valence-corrected chi connectivity index (χ4v) is 1.06. The van der Waals surface area contributed by atoms with E-state index in [1.165, 1.54) is 0 Å². The van der Waals surface area contributed by atoms with E-state index in [1.54, 1.807) is 12.1 Å². The van der Waals surface area contributed by atoms with Gasteiger partial charge in [-0.15, -0.1) is 0 Å². The van der Waals surface area contributed by atoms with Gasteiger partial charge in [-0.3, -0.25) is 14.7 Å². The second-order valence-electron chi connectivity index (χ2n) is 3.48. The number of hydrogen-bond donors (Lipinski definition) is 1. The monoisotopic (exact) mass is 157 g/mol. The highest BCUT2D eigenvalue weighted by Gasteiger charge is 2.32. The number of likely N-dealkylation sites (N-methyl/N-ethyl adjacent to an activating group) is 2. The van der Waals surface area contributed by atoms with Gasteiger partial charge in [0.15, 0.2) is 0 Å². The zero-order valence-electron chi connectivity index (χ0n) is 7.51. The van der Waals surface area contributed by atoms with Gasteiger partial charge in [-0.25, -0.2) is 5.43 Å². The van der Waals surface area contributed by atoms with Gasteiger partial charge in [-0.05, 0) is 20.9 Å². The Hall–Kier alpha value is -0.610. The van der Waals surface area contributed by atoms with Crippen molar-refractivity contribution in [2.75, 3.05) is 20.6 Å². The first-order chi connectivity index (χ1) is 4.93. The molecule has 0 aromatic carbocycles. The maximum atomic E-state index is 11.1. The molecule has 1 aliphatic heterocycles. The lowest BCUT2D eigenvalue weighted by molar-refractivity contribution is -0.147. The minimum atomic E-state index is -0.122. The molecule has 4 heteroatoms. The van der Waals surface area contributed by atoms with Crippen LogP contribution in [-0.2, 0) is 4.79 Å². The Bertz CT molecular complexity index is 179. The average molecular weight is 157 g/mol. The lowest BCUT2D eigenvalue weighted by Gasteiger charge is -2.44. The van der Waals surface area contributed by atoms with E-state index in [4.69, 9.17) is 0 Å². The number of amides is 1. The van der Waals surface area contributed by atoms with E-state index in [0.29, 0.717) is 6.54 Å². The van der Waals surface area contributed by atoms with Crippen molar-refractivity contribution < 1.29 is 4.79 Å². The van der Waals surface area contributed by atoms with Crippen molar-refractivity contribution in [1.82, 2.24) is 15.3 Å². The molecule has 1 saturated heterocycles. The SMILES string of the molecule is CN1NC(C)(C)N(C)CC1=O. The van der Waals surface area contributed by atoms with Gasteiger partial charge < -0.3 is 0 Å². The van der Waals surface area contributed by atoms with E-state index in [2.05, 4.69) is 5.43 Å². The Balaban J connectivity index is 2.70. The van der Waals surface area contributed by atoms with E-state index in [1.807, 2.05) is 25.8 Å². The van der Waals surface area contributed by atoms with E-state index in [9.17, 15) is 4.79 Å². The predicted octanol–water partition coefficient (Wildman–Crippen LogP) is -0.369. The van der Waals surface area contributed by atoms with Gasteiger partial charge >= 0.3 is 0 Å². The molecule has 0 aliphatic carbocycles. The fraction of sp³-hybridized carbons (Fsp3) is 0.857. The van der Waals surface area contributed by atoms with Crippen molar-refractivity contribution in [3.63, 3.8) is 0 Å². The van der Waals surface area contributed by atoms with Gasteiger partial charge in [0.05, 0.1) is 12.2 Å². The lowest BCUT2D eigenvalue weighted by Crippen LogP contribution is -2.66. The molecule has 1 aliphatic rings. The van der Waals surface area contributed by atoms with Crippen LogP contribution in [0, 0.1) is 0 Å². The first kappa shape index (κ1) is 8.49. The number of hydrogen-bond acceptors (Lipinski definition) is 3. The molecule has 1 rings (SSSR count). The molecule has 11 heavy (non-hydrogen) atoms. The minimum Gasteiger partial charge on any atom is -0.278 e. The maximum Gasteiger partial charge on any atom is 0.250 e. The molecular formula is C7H15N3O. The number of carbonyl (C=O) groups excluding carboxylic acids is 1. The summed E-state index contributed by atoms with van der Waals surface area (Å²) in [6.45, 7) is 4.56. The van der Waals surface area contributed by atoms with Gasteiger partial charge in [0.25, 0.3) is 5.91 Å². The standard InChI is InChI=1S/C7H15N3O/c1-7(2)8-10(4)6(11)5-9(7)3/h8H,5H2,1-4H3. The Kier molecular flexibility index (Phi) is 1.90. The van der Waals surface area contributed by atoms with Crippen molar-refractivity contribution in [2.45, 2.75) is 19.5 Å². The highest BCUT2D eigenvalue weighted by molar-refractivity contribution is 5.78. The zero-order chi connectivity index (χ0) is 8.65. The molecule has 1 N–H and O–H groups in total. The molecule has 0 unspecified atom stereocenters. The van der Waals surface area contributed by atoms with Crippen molar-refractivity contribution >= 4 is 5.91 Å². The Morgan fingerprint density at radius 2 is 2.00 bits per heavy atom. The van der Waals surface area contributed by atoms with E-state index < -0.39 is 0 Å². The van der Waals surface area contributed by atoms with Crippen LogP contribution in [0.2, 0.25) is 0 Å². The molecule has 1 amide bonds. The maximum absolute atomic E-state index is 11.1. The first-order valence-electron chi connectivity index (χ1n) is 3.69. The van der Waals surface area contributed by atoms with Crippen molar-refractivity contribution in [2.24, 2.45) is 0 Å². The largest absolute Gasteiger partial charge is 0.278 e. The van der Waals surface area contributed by atoms with Gasteiger partial charge in [0.1, 0.15) is 0 Å². The summed E-state index contributed by atoms with van der Waals surface area (Å²) in [5.74, 6) is 0.104. The Morgan fingerprint density at radius 3 is 2.45 bits per heavy atom. The summed E-state index contributed by atoms with van der Waals surface area (Å²) in [4.78, 5) is 13.1. The highest BCUT2D eigenvalue weighted by atomic mass is 16.2. The molecule has 1 heterocycles. The van der Waals surface area contributed by atoms with Crippen LogP contribution in [-0.4, -0.2) is 42.1 Å². The van der Waals surface area contributed by atoms with Crippen molar-refractivity contribution in [1.29, 1.82) is 0 Å². The molecular weight excluding hydrogens is 142 g/mol. The number of rotatable bonds is 0. The summed E-state index contributed by atoms with van der Waals surface area (Å²) in [6.07, 6.45) is 0. The summed E-state index contributed by atoms with van der Waals surface area (Å²) in [5.41, 5.74) is 2.94. The molecule has 0 spiro atoms. The van der Waals surface area contributed by atoms with Gasteiger partial charge in [-0.2, -0.15) is 0 Å². The van der Waals surface area contributed by atoms with Crippen molar-refractivity contribution in [3.8, 4) is 0 Å². The molecule has 4 nitrogen and oxygen atoms in total. The van der Waals surface area contributed by atoms with Gasteiger partial charge in [0, 0.05) is 7.05 Å². The van der Waals surface area contributed by atoms with Crippen LogP contribution < -0.4 is 5.43 Å². The molecule has 0 atom stereocenters. The van der Waals surface area contributed by atoms with E-state index in [-0.39, 0.29) is 11.6 Å². The highest BCUT2D eigenvalue weighted by Crippen LogP contribution is 2.12. The molecule has 0 radical (unpaired) electrons. The molecule has 1 fully saturated rings. The van der Waals surface area contributed by atoms with E-state index >= 15 is 0 Å². The fourth-order valence-electron chi connectivity index (χ4n) is 1.06. The van der Waals surface area contributed by atoms with Crippen LogP contribution in [0.3, 0.4) is 0 Å². The molecule has 64 valence electrons. The third-order valence-corrected chi connectivity index (χ3v) is 2.14. The number of nitrogens with one attached hydrogen (secondary N) is 1. The number of carbonyl (C=O) groups is 1. The topological polar surface area (TPSA) is 35.6 Å². The minimum absolute atomic E-state index is 0.104. The second-order valence-corrected chi connectivity index (χ2v) is 3.48. The molecule has 0 bridgehead atoms. The summed E-state index contributed by atoms with van der Waals surface area (Å²) >= 11 is 0. The quantitative estimate of drug-likeness (QED) is 0.521. The average Bonchev–Trinajstić information content (AvgIpc) is 1.83. The van der Waals surface area contributed by atoms with Crippen LogP contribution in [0.1, 0.15) is 13.8 Å². The van der Waals surface area contributed by atoms with Crippen LogP contribution in [0.15, 0.2) is 0 Å². The smallest absolute Gasteiger partial charge is 0.250 e. The third kappa shape index (κ3) is 1.52. The summed E-state index contributed by atoms with van der Waals surface area (Å²) < 4.78 is 0. The van der Waals surface area contributed by atoms with Gasteiger partial charge in [0.2, 0.25) is 0 Å². The van der Waals surface area contributed by atoms with Crippen molar-refractivity contribution in [3.05, 3.63) is 0 Å². The zero-order valence-corrected chi connectivity index (χ0v) is 7.51. The van der Waals surface area contributed by atoms with Crippen LogP contribution in [0.5, 0.6) is 0 Å². The predicted molar refractivity (Wildman–Crippen MR) is 42.6 cm³/mol. The second kappa shape index (κ2) is 2.46. The van der Waals surface area contributed by atoms with Gasteiger partial charge in [-0.1, -0.05) is 0 Å². The molecule has 0 saturated carbocycles. The normalized spacial score (nSPS) is 25.8. The summed E-state index contributed by atoms with van der Waals surface area (Å²) in [5, 5.41) is 1.54. The summed E-state index contributed by atoms with van der Waals surface area (Å²) in [7, 11) is 3.68. The third-order valence-electron chi connectivity index (χ3n) is 2.14. The Morgan fingerprint density at radius 1 is 1.45 bits per heavy atom. The van der Waals surface area contributed by atoms with Crippen LogP contribution >= 0.6 is 0 Å². The summed E-state index contributed by atoms with van der Waals surface area (Å²) in [6, 6.07) is 0. The number of nitrogens with zero attached hydrogens (tertiary/aromatic N) is 2. The Labute approximate surface area is 67.1 Å². The van der Waals surface area contributed by atoms with Crippen LogP contribution in [0.25, 0.3) is 0 Å². The molecule has 0 aromatic rings.